The number of sulfonamides is 1. The largest absolute Gasteiger partial charge is 0.465 e. The molecule has 1 aliphatic heterocycles. The Balaban J connectivity index is 2.35. The molecule has 0 spiro atoms. The summed E-state index contributed by atoms with van der Waals surface area (Å²) >= 11 is 0. The van der Waals surface area contributed by atoms with Crippen LogP contribution in [-0.4, -0.2) is 39.7 Å². The number of rotatable bonds is 4. The lowest BCUT2D eigenvalue weighted by Crippen LogP contribution is -2.28. The van der Waals surface area contributed by atoms with Crippen LogP contribution in [0.2, 0.25) is 0 Å². The molecule has 1 heterocycles. The molecular formula is C13H14F2N2O5S. The van der Waals surface area contributed by atoms with Gasteiger partial charge in [0, 0.05) is 24.9 Å². The van der Waals surface area contributed by atoms with Crippen LogP contribution in [0.25, 0.3) is 0 Å². The van der Waals surface area contributed by atoms with Crippen LogP contribution in [0.4, 0.5) is 14.5 Å². The van der Waals surface area contributed by atoms with Crippen molar-refractivity contribution in [3.8, 4) is 0 Å². The van der Waals surface area contributed by atoms with Crippen LogP contribution >= 0.6 is 0 Å². The van der Waals surface area contributed by atoms with Crippen molar-refractivity contribution in [2.75, 3.05) is 24.3 Å². The molecule has 126 valence electrons. The van der Waals surface area contributed by atoms with Crippen LogP contribution in [0.15, 0.2) is 12.1 Å². The Kier molecular flexibility index (Phi) is 4.66. The van der Waals surface area contributed by atoms with E-state index < -0.39 is 50.8 Å². The van der Waals surface area contributed by atoms with Crippen molar-refractivity contribution >= 4 is 27.6 Å². The summed E-state index contributed by atoms with van der Waals surface area (Å²) in [6, 6.07) is 1.34. The van der Waals surface area contributed by atoms with E-state index in [-0.39, 0.29) is 18.7 Å². The zero-order valence-electron chi connectivity index (χ0n) is 12.1. The van der Waals surface area contributed by atoms with E-state index in [9.17, 15) is 26.8 Å². The summed E-state index contributed by atoms with van der Waals surface area (Å²) in [5.74, 6) is -4.76. The maximum absolute atomic E-state index is 14.0. The van der Waals surface area contributed by atoms with E-state index >= 15 is 0 Å². The average Bonchev–Trinajstić information content (AvgIpc) is 2.76. The normalized spacial score (nSPS) is 18.3. The maximum atomic E-state index is 14.0. The molecule has 2 N–H and O–H groups in total. The molecule has 2 rings (SSSR count). The Labute approximate surface area is 131 Å². The van der Waals surface area contributed by atoms with E-state index in [0.717, 1.165) is 18.1 Å². The Bertz CT molecular complexity index is 766. The Hall–Kier alpha value is -2.07. The molecule has 7 nitrogen and oxygen atoms in total. The first kappa shape index (κ1) is 17.3. The molecule has 0 aromatic heterocycles. The van der Waals surface area contributed by atoms with Gasteiger partial charge in [-0.1, -0.05) is 0 Å². The van der Waals surface area contributed by atoms with E-state index in [0.29, 0.717) is 6.07 Å². The molecule has 0 saturated carbocycles. The SMILES string of the molecule is COC(=O)c1cc(N2CC(CS(N)(=O)=O)CC2=O)c(F)cc1F. The lowest BCUT2D eigenvalue weighted by atomic mass is 10.1. The average molecular weight is 348 g/mol. The third-order valence-corrected chi connectivity index (χ3v) is 4.34. The lowest BCUT2D eigenvalue weighted by Gasteiger charge is -2.18. The molecule has 1 fully saturated rings. The maximum Gasteiger partial charge on any atom is 0.340 e. The number of ether oxygens (including phenoxy) is 1. The molecular weight excluding hydrogens is 334 g/mol. The molecule has 1 aliphatic rings. The summed E-state index contributed by atoms with van der Waals surface area (Å²) in [6.07, 6.45) is -0.138. The first-order valence-electron chi connectivity index (χ1n) is 6.50. The molecule has 1 amide bonds. The van der Waals surface area contributed by atoms with Crippen molar-refractivity contribution in [1.29, 1.82) is 0 Å². The number of hydrogen-bond donors (Lipinski definition) is 1. The number of nitrogens with zero attached hydrogens (tertiary/aromatic N) is 1. The van der Waals surface area contributed by atoms with Gasteiger partial charge in [-0.3, -0.25) is 4.79 Å². The molecule has 0 aliphatic carbocycles. The van der Waals surface area contributed by atoms with Crippen molar-refractivity contribution in [2.45, 2.75) is 6.42 Å². The smallest absolute Gasteiger partial charge is 0.340 e. The second-order valence-electron chi connectivity index (χ2n) is 5.18. The highest BCUT2D eigenvalue weighted by Crippen LogP contribution is 2.30. The van der Waals surface area contributed by atoms with Crippen molar-refractivity contribution in [2.24, 2.45) is 11.1 Å². The molecule has 23 heavy (non-hydrogen) atoms. The topological polar surface area (TPSA) is 107 Å². The highest BCUT2D eigenvalue weighted by molar-refractivity contribution is 7.89. The van der Waals surface area contributed by atoms with Crippen LogP contribution < -0.4 is 10.0 Å². The number of methoxy groups -OCH3 is 1. The minimum Gasteiger partial charge on any atom is -0.465 e. The number of halogens is 2. The van der Waals surface area contributed by atoms with Gasteiger partial charge < -0.3 is 9.64 Å². The van der Waals surface area contributed by atoms with Crippen LogP contribution in [0.1, 0.15) is 16.8 Å². The van der Waals surface area contributed by atoms with E-state index in [1.54, 1.807) is 0 Å². The summed E-state index contributed by atoms with van der Waals surface area (Å²) in [7, 11) is -2.75. The number of nitrogens with two attached hydrogens (primary N) is 1. The number of benzene rings is 1. The summed E-state index contributed by atoms with van der Waals surface area (Å²) in [5, 5.41) is 4.93. The highest BCUT2D eigenvalue weighted by atomic mass is 32.2. The summed E-state index contributed by atoms with van der Waals surface area (Å²) < 4.78 is 54.1. The van der Waals surface area contributed by atoms with E-state index in [2.05, 4.69) is 4.74 Å². The zero-order valence-corrected chi connectivity index (χ0v) is 12.9. The molecule has 0 bridgehead atoms. The molecule has 0 radical (unpaired) electrons. The first-order chi connectivity index (χ1) is 10.6. The predicted molar refractivity (Wildman–Crippen MR) is 76.1 cm³/mol. The van der Waals surface area contributed by atoms with Gasteiger partial charge in [-0.05, 0) is 6.07 Å². The fraction of sp³-hybridized carbons (Fsp3) is 0.385. The monoisotopic (exact) mass is 348 g/mol. The van der Waals surface area contributed by atoms with Gasteiger partial charge in [0.15, 0.2) is 0 Å². The molecule has 1 aromatic carbocycles. The third-order valence-electron chi connectivity index (χ3n) is 3.41. The van der Waals surface area contributed by atoms with Gasteiger partial charge >= 0.3 is 5.97 Å². The molecule has 1 atom stereocenters. The van der Waals surface area contributed by atoms with Crippen LogP contribution in [0.3, 0.4) is 0 Å². The molecule has 10 heteroatoms. The quantitative estimate of drug-likeness (QED) is 0.792. The van der Waals surface area contributed by atoms with Crippen molar-refractivity contribution in [1.82, 2.24) is 0 Å². The van der Waals surface area contributed by atoms with Crippen LogP contribution in [0, 0.1) is 17.6 Å². The van der Waals surface area contributed by atoms with Crippen molar-refractivity contribution in [3.05, 3.63) is 29.3 Å². The van der Waals surface area contributed by atoms with Gasteiger partial charge in [-0.2, -0.15) is 0 Å². The molecule has 1 unspecified atom stereocenters. The fourth-order valence-corrected chi connectivity index (χ4v) is 3.35. The van der Waals surface area contributed by atoms with Crippen molar-refractivity contribution in [3.63, 3.8) is 0 Å². The number of anilines is 1. The van der Waals surface area contributed by atoms with Gasteiger partial charge in [0.1, 0.15) is 11.6 Å². The van der Waals surface area contributed by atoms with Gasteiger partial charge in [-0.25, -0.2) is 27.1 Å². The second-order valence-corrected chi connectivity index (χ2v) is 6.84. The summed E-state index contributed by atoms with van der Waals surface area (Å²) in [5.41, 5.74) is -0.833. The number of hydrogen-bond acceptors (Lipinski definition) is 5. The minimum absolute atomic E-state index is 0.0988. The number of amides is 1. The number of primary sulfonamides is 1. The Morgan fingerprint density at radius 3 is 2.61 bits per heavy atom. The molecule has 1 saturated heterocycles. The van der Waals surface area contributed by atoms with Crippen LogP contribution in [-0.2, 0) is 19.6 Å². The standard InChI is InChI=1S/C13H14F2N2O5S/c1-22-13(19)8-3-11(10(15)4-9(8)14)17-5-7(2-12(17)18)6-23(16,20)21/h3-4,7H,2,5-6H2,1H3,(H2,16,20,21). The van der Waals surface area contributed by atoms with Gasteiger partial charge in [0.25, 0.3) is 0 Å². The fourth-order valence-electron chi connectivity index (χ4n) is 2.47. The first-order valence-corrected chi connectivity index (χ1v) is 8.22. The Morgan fingerprint density at radius 1 is 1.39 bits per heavy atom. The number of esters is 1. The number of carbonyl (C=O) groups excluding carboxylic acids is 2. The lowest BCUT2D eigenvalue weighted by molar-refractivity contribution is -0.117. The van der Waals surface area contributed by atoms with Gasteiger partial charge in [-0.15, -0.1) is 0 Å². The number of carbonyl (C=O) groups is 2. The summed E-state index contributed by atoms with van der Waals surface area (Å²) in [6.45, 7) is -0.0988. The molecule has 1 aromatic rings. The zero-order chi connectivity index (χ0) is 17.4. The highest BCUT2D eigenvalue weighted by Gasteiger charge is 2.35. The van der Waals surface area contributed by atoms with Gasteiger partial charge in [0.2, 0.25) is 15.9 Å². The predicted octanol–water partition coefficient (Wildman–Crippen LogP) is 0.393. The second kappa shape index (κ2) is 6.20. The van der Waals surface area contributed by atoms with Gasteiger partial charge in [0.05, 0.1) is 24.1 Å². The van der Waals surface area contributed by atoms with E-state index in [1.807, 2.05) is 0 Å². The van der Waals surface area contributed by atoms with Crippen LogP contribution in [0.5, 0.6) is 0 Å². The Morgan fingerprint density at radius 2 is 2.04 bits per heavy atom. The minimum atomic E-state index is -3.79. The van der Waals surface area contributed by atoms with Crippen molar-refractivity contribution < 1.29 is 31.5 Å². The van der Waals surface area contributed by atoms with E-state index in [1.165, 1.54) is 0 Å². The summed E-state index contributed by atoms with van der Waals surface area (Å²) in [4.78, 5) is 24.4. The third kappa shape index (κ3) is 3.82. The van der Waals surface area contributed by atoms with E-state index in [4.69, 9.17) is 5.14 Å².